The minimum atomic E-state index is -3.31. The van der Waals surface area contributed by atoms with Crippen LogP contribution in [0.15, 0.2) is 59.2 Å². The lowest BCUT2D eigenvalue weighted by Crippen LogP contribution is -2.26. The van der Waals surface area contributed by atoms with Gasteiger partial charge in [0.2, 0.25) is 5.76 Å². The van der Waals surface area contributed by atoms with Crippen LogP contribution in [0.3, 0.4) is 0 Å². The number of sulfone groups is 1. The van der Waals surface area contributed by atoms with Gasteiger partial charge in [-0.3, -0.25) is 0 Å². The maximum absolute atomic E-state index is 12.6. The summed E-state index contributed by atoms with van der Waals surface area (Å²) in [4.78, 5) is 12.8. The number of carbonyl (C=O) groups excluding carboxylic acids is 1. The van der Waals surface area contributed by atoms with Crippen LogP contribution in [0, 0.1) is 0 Å². The van der Waals surface area contributed by atoms with Crippen LogP contribution in [0.4, 0.5) is 0 Å². The molecule has 1 atom stereocenters. The molecule has 1 heterocycles. The lowest BCUT2D eigenvalue weighted by Gasteiger charge is -2.24. The van der Waals surface area contributed by atoms with E-state index >= 15 is 0 Å². The molecule has 2 aromatic rings. The Morgan fingerprint density at radius 3 is 2.07 bits per heavy atom. The van der Waals surface area contributed by atoms with Gasteiger partial charge >= 0.3 is 5.97 Å². The smallest absolute Gasteiger partial charge is 0.375 e. The highest BCUT2D eigenvalue weighted by atomic mass is 32.2. The van der Waals surface area contributed by atoms with Crippen molar-refractivity contribution in [3.05, 3.63) is 59.9 Å². The van der Waals surface area contributed by atoms with Crippen molar-refractivity contribution in [3.63, 3.8) is 0 Å². The molecule has 0 aliphatic carbocycles. The normalized spacial score (nSPS) is 19.5. The predicted octanol–water partition coefficient (Wildman–Crippen LogP) is 3.61. The average molecular weight is 402 g/mol. The maximum Gasteiger partial charge on any atom is 0.375 e. The number of methoxy groups -OCH3 is 1. The van der Waals surface area contributed by atoms with Crippen molar-refractivity contribution in [2.75, 3.05) is 13.4 Å². The molecule has 0 radical (unpaired) electrons. The summed E-state index contributed by atoms with van der Waals surface area (Å²) in [7, 11) is -1.75. The molecule has 6 nitrogen and oxygen atoms in total. The highest BCUT2D eigenvalue weighted by Crippen LogP contribution is 2.42. The highest BCUT2D eigenvalue weighted by Gasteiger charge is 2.45. The molecule has 0 spiro atoms. The fourth-order valence-corrected chi connectivity index (χ4v) is 3.68. The molecule has 0 aromatic heterocycles. The van der Waals surface area contributed by atoms with Crippen LogP contribution < -0.4 is 9.47 Å². The summed E-state index contributed by atoms with van der Waals surface area (Å²) in [5.41, 5.74) is 0.396. The van der Waals surface area contributed by atoms with Crippen LogP contribution in [0.5, 0.6) is 11.5 Å². The quantitative estimate of drug-likeness (QED) is 0.687. The van der Waals surface area contributed by atoms with Crippen molar-refractivity contribution in [1.82, 2.24) is 0 Å². The van der Waals surface area contributed by atoms with E-state index in [0.29, 0.717) is 29.1 Å². The monoisotopic (exact) mass is 402 g/mol. The molecule has 1 aliphatic heterocycles. The summed E-state index contributed by atoms with van der Waals surface area (Å²) < 4.78 is 40.1. The predicted molar refractivity (Wildman–Crippen MR) is 105 cm³/mol. The summed E-state index contributed by atoms with van der Waals surface area (Å²) in [6.45, 7) is 3.73. The van der Waals surface area contributed by atoms with Gasteiger partial charge in [-0.25, -0.2) is 13.2 Å². The zero-order valence-electron chi connectivity index (χ0n) is 16.2. The average Bonchev–Trinajstić information content (AvgIpc) is 2.92. The second-order valence-corrected chi connectivity index (χ2v) is 8.77. The zero-order chi connectivity index (χ0) is 20.5. The summed E-state index contributed by atoms with van der Waals surface area (Å²) in [5, 5.41) is 0. The Labute approximate surface area is 164 Å². The Bertz CT molecular complexity index is 1020. The molecule has 28 heavy (non-hydrogen) atoms. The van der Waals surface area contributed by atoms with Gasteiger partial charge in [-0.15, -0.1) is 0 Å². The highest BCUT2D eigenvalue weighted by molar-refractivity contribution is 7.90. The molecule has 0 unspecified atom stereocenters. The molecular weight excluding hydrogens is 380 g/mol. The van der Waals surface area contributed by atoms with Crippen molar-refractivity contribution in [2.45, 2.75) is 30.8 Å². The molecule has 0 saturated carbocycles. The van der Waals surface area contributed by atoms with Crippen LogP contribution in [0.25, 0.3) is 5.57 Å². The Kier molecular flexibility index (Phi) is 5.21. The lowest BCUT2D eigenvalue weighted by atomic mass is 9.88. The maximum atomic E-state index is 12.6. The molecule has 3 rings (SSSR count). The fourth-order valence-electron chi connectivity index (χ4n) is 3.05. The van der Waals surface area contributed by atoms with Gasteiger partial charge < -0.3 is 14.2 Å². The summed E-state index contributed by atoms with van der Waals surface area (Å²) in [5.74, 6) is 0.688. The number of benzene rings is 2. The number of esters is 1. The van der Waals surface area contributed by atoms with Gasteiger partial charge in [-0.2, -0.15) is 0 Å². The van der Waals surface area contributed by atoms with Crippen molar-refractivity contribution in [2.24, 2.45) is 0 Å². The van der Waals surface area contributed by atoms with E-state index in [-0.39, 0.29) is 10.7 Å². The third-order valence-corrected chi connectivity index (χ3v) is 5.91. The standard InChI is InChI=1S/C21H22O6S/c1-5-21(2)18(14-6-12-17(13-7-14)28(4,23)24)19(20(22)27-21)26-16-10-8-15(25-3)9-11-16/h6-13H,5H2,1-4H3/t21-/m1/s1. The Hall–Kier alpha value is -2.80. The number of hydrogen-bond acceptors (Lipinski definition) is 6. The van der Waals surface area contributed by atoms with Crippen LogP contribution in [0.1, 0.15) is 25.8 Å². The van der Waals surface area contributed by atoms with Gasteiger partial charge in [0.1, 0.15) is 17.1 Å². The van der Waals surface area contributed by atoms with Gasteiger partial charge in [0.25, 0.3) is 0 Å². The molecule has 0 amide bonds. The van der Waals surface area contributed by atoms with Crippen LogP contribution in [-0.2, 0) is 19.4 Å². The number of carbonyl (C=O) groups is 1. The van der Waals surface area contributed by atoms with Gasteiger partial charge in [0.05, 0.1) is 17.6 Å². The number of ether oxygens (including phenoxy) is 3. The van der Waals surface area contributed by atoms with Crippen LogP contribution >= 0.6 is 0 Å². The Morgan fingerprint density at radius 1 is 1.00 bits per heavy atom. The Morgan fingerprint density at radius 2 is 1.57 bits per heavy atom. The molecule has 0 bridgehead atoms. The summed E-state index contributed by atoms with van der Waals surface area (Å²) in [6, 6.07) is 13.2. The molecular formula is C21H22O6S. The summed E-state index contributed by atoms with van der Waals surface area (Å²) >= 11 is 0. The van der Waals surface area contributed by atoms with Gasteiger partial charge in [0.15, 0.2) is 9.84 Å². The third-order valence-electron chi connectivity index (χ3n) is 4.78. The van der Waals surface area contributed by atoms with E-state index in [1.54, 1.807) is 43.5 Å². The van der Waals surface area contributed by atoms with E-state index in [1.165, 1.54) is 12.1 Å². The van der Waals surface area contributed by atoms with Gasteiger partial charge in [-0.1, -0.05) is 19.1 Å². The molecule has 0 fully saturated rings. The topological polar surface area (TPSA) is 78.9 Å². The van der Waals surface area contributed by atoms with Crippen molar-refractivity contribution < 1.29 is 27.4 Å². The summed E-state index contributed by atoms with van der Waals surface area (Å²) in [6.07, 6.45) is 1.69. The lowest BCUT2D eigenvalue weighted by molar-refractivity contribution is -0.147. The van der Waals surface area contributed by atoms with E-state index in [9.17, 15) is 13.2 Å². The van der Waals surface area contributed by atoms with E-state index in [0.717, 1.165) is 6.26 Å². The molecule has 2 aromatic carbocycles. The molecule has 0 saturated heterocycles. The first-order valence-electron chi connectivity index (χ1n) is 8.78. The van der Waals surface area contributed by atoms with E-state index in [1.807, 2.05) is 13.8 Å². The number of hydrogen-bond donors (Lipinski definition) is 0. The first-order chi connectivity index (χ1) is 13.2. The van der Waals surface area contributed by atoms with Crippen molar-refractivity contribution in [3.8, 4) is 11.5 Å². The number of cyclic esters (lactones) is 1. The minimum Gasteiger partial charge on any atom is -0.497 e. The van der Waals surface area contributed by atoms with E-state index in [4.69, 9.17) is 14.2 Å². The molecule has 1 aliphatic rings. The molecule has 148 valence electrons. The number of rotatable bonds is 6. The van der Waals surface area contributed by atoms with Crippen LogP contribution in [0.2, 0.25) is 0 Å². The third kappa shape index (κ3) is 3.75. The zero-order valence-corrected chi connectivity index (χ0v) is 17.0. The molecule has 7 heteroatoms. The second kappa shape index (κ2) is 7.31. The van der Waals surface area contributed by atoms with Crippen molar-refractivity contribution in [1.29, 1.82) is 0 Å². The largest absolute Gasteiger partial charge is 0.497 e. The SMILES string of the molecule is CC[C@@]1(C)OC(=O)C(Oc2ccc(OC)cc2)=C1c1ccc(S(C)(=O)=O)cc1. The first kappa shape index (κ1) is 19.9. The second-order valence-electron chi connectivity index (χ2n) is 6.75. The van der Waals surface area contributed by atoms with Crippen molar-refractivity contribution >= 4 is 21.4 Å². The van der Waals surface area contributed by atoms with E-state index < -0.39 is 21.4 Å². The fraction of sp³-hybridized carbons (Fsp3) is 0.286. The minimum absolute atomic E-state index is 0.0987. The van der Waals surface area contributed by atoms with Gasteiger partial charge in [0, 0.05) is 6.26 Å². The van der Waals surface area contributed by atoms with E-state index in [2.05, 4.69) is 0 Å². The Balaban J connectivity index is 2.07. The molecule has 0 N–H and O–H groups in total. The first-order valence-corrected chi connectivity index (χ1v) is 10.7. The van der Waals surface area contributed by atoms with Gasteiger partial charge in [-0.05, 0) is 55.3 Å². The van der Waals surface area contributed by atoms with Crippen LogP contribution in [-0.4, -0.2) is 33.4 Å².